The number of carbonyl (C=O) groups excluding carboxylic acids is 3. The molecule has 7 heteroatoms. The summed E-state index contributed by atoms with van der Waals surface area (Å²) in [6.45, 7) is 5.20. The van der Waals surface area contributed by atoms with Gasteiger partial charge < -0.3 is 9.64 Å². The Morgan fingerprint density at radius 1 is 1.22 bits per heavy atom. The van der Waals surface area contributed by atoms with Crippen LogP contribution >= 0.6 is 11.8 Å². The van der Waals surface area contributed by atoms with Crippen LogP contribution in [0, 0.1) is 0 Å². The van der Waals surface area contributed by atoms with Gasteiger partial charge in [0.25, 0.3) is 11.1 Å². The highest BCUT2D eigenvalue weighted by molar-refractivity contribution is 8.18. The van der Waals surface area contributed by atoms with Gasteiger partial charge in [0, 0.05) is 13.1 Å². The Bertz CT molecular complexity index is 784. The number of thioether (sulfide) groups is 1. The molecule has 0 spiro atoms. The monoisotopic (exact) mass is 386 g/mol. The quantitative estimate of drug-likeness (QED) is 0.554. The zero-order chi connectivity index (χ0) is 19.2. The first-order valence-electron chi connectivity index (χ1n) is 8.95. The van der Waals surface area contributed by atoms with Gasteiger partial charge in [-0.2, -0.15) is 0 Å². The summed E-state index contributed by atoms with van der Waals surface area (Å²) in [4.78, 5) is 40.3. The lowest BCUT2D eigenvalue weighted by Gasteiger charge is -2.27. The van der Waals surface area contributed by atoms with Crippen LogP contribution in [0.25, 0.3) is 6.08 Å². The van der Waals surface area contributed by atoms with Crippen molar-refractivity contribution in [2.75, 3.05) is 26.2 Å². The molecule has 1 aromatic carbocycles. The second kappa shape index (κ2) is 8.90. The third kappa shape index (κ3) is 4.80. The van der Waals surface area contributed by atoms with Crippen LogP contribution < -0.4 is 4.74 Å². The fourth-order valence-electron chi connectivity index (χ4n) is 3.02. The maximum atomic E-state index is 12.6. The zero-order valence-electron chi connectivity index (χ0n) is 15.1. The number of likely N-dealkylation sites (tertiary alicyclic amines) is 1. The largest absolute Gasteiger partial charge is 0.490 e. The van der Waals surface area contributed by atoms with Gasteiger partial charge in [-0.15, -0.1) is 0 Å². The van der Waals surface area contributed by atoms with E-state index in [-0.39, 0.29) is 12.5 Å². The number of nitrogens with zero attached hydrogens (tertiary/aromatic N) is 2. The van der Waals surface area contributed by atoms with Crippen LogP contribution in [0.2, 0.25) is 0 Å². The van der Waals surface area contributed by atoms with E-state index in [1.54, 1.807) is 23.1 Å². The summed E-state index contributed by atoms with van der Waals surface area (Å²) >= 11 is 0.860. The van der Waals surface area contributed by atoms with Gasteiger partial charge in [-0.05, 0) is 54.8 Å². The maximum absolute atomic E-state index is 12.6. The molecular formula is C20H22N2O4S. The lowest BCUT2D eigenvalue weighted by atomic mass is 10.1. The SMILES string of the molecule is C=CCOc1cccc(/C=C2/SC(=O)N(CC(=O)N3CCCCC3)C2=O)c1. The number of rotatable bonds is 6. The molecule has 0 atom stereocenters. The molecule has 0 aromatic heterocycles. The van der Waals surface area contributed by atoms with Crippen LogP contribution in [-0.4, -0.2) is 53.1 Å². The van der Waals surface area contributed by atoms with E-state index >= 15 is 0 Å². The Morgan fingerprint density at radius 2 is 2.00 bits per heavy atom. The predicted octanol–water partition coefficient (Wildman–Crippen LogP) is 3.30. The average Bonchev–Trinajstić information content (AvgIpc) is 2.94. The van der Waals surface area contributed by atoms with Crippen molar-refractivity contribution in [1.82, 2.24) is 9.80 Å². The van der Waals surface area contributed by atoms with Crippen molar-refractivity contribution in [3.8, 4) is 5.75 Å². The van der Waals surface area contributed by atoms with Gasteiger partial charge >= 0.3 is 0 Å². The molecule has 1 aromatic rings. The fourth-order valence-corrected chi connectivity index (χ4v) is 3.85. The van der Waals surface area contributed by atoms with Crippen molar-refractivity contribution in [3.63, 3.8) is 0 Å². The number of ether oxygens (including phenoxy) is 1. The Hall–Kier alpha value is -2.54. The minimum absolute atomic E-state index is 0.168. The normalized spacial score (nSPS) is 18.9. The van der Waals surface area contributed by atoms with Gasteiger partial charge in [-0.1, -0.05) is 24.8 Å². The minimum atomic E-state index is -0.423. The molecule has 0 saturated carbocycles. The fraction of sp³-hybridized carbons (Fsp3) is 0.350. The third-order valence-electron chi connectivity index (χ3n) is 4.40. The van der Waals surface area contributed by atoms with E-state index in [1.165, 1.54) is 0 Å². The molecule has 3 amide bonds. The Labute approximate surface area is 162 Å². The highest BCUT2D eigenvalue weighted by Crippen LogP contribution is 2.32. The van der Waals surface area contributed by atoms with Gasteiger partial charge in [0.15, 0.2) is 0 Å². The van der Waals surface area contributed by atoms with Crippen LogP contribution in [0.5, 0.6) is 5.75 Å². The van der Waals surface area contributed by atoms with E-state index in [0.717, 1.165) is 41.5 Å². The highest BCUT2D eigenvalue weighted by atomic mass is 32.2. The Morgan fingerprint density at radius 3 is 2.74 bits per heavy atom. The van der Waals surface area contributed by atoms with E-state index in [2.05, 4.69) is 6.58 Å². The van der Waals surface area contributed by atoms with E-state index in [1.807, 2.05) is 18.2 Å². The molecule has 0 N–H and O–H groups in total. The van der Waals surface area contributed by atoms with Crippen LogP contribution in [0.15, 0.2) is 41.8 Å². The van der Waals surface area contributed by atoms with Gasteiger partial charge in [0.2, 0.25) is 5.91 Å². The molecule has 2 aliphatic heterocycles. The van der Waals surface area contributed by atoms with Crippen molar-refractivity contribution in [2.24, 2.45) is 0 Å². The molecule has 6 nitrogen and oxygen atoms in total. The lowest BCUT2D eigenvalue weighted by Crippen LogP contribution is -2.44. The maximum Gasteiger partial charge on any atom is 0.294 e. The van der Waals surface area contributed by atoms with E-state index in [0.29, 0.717) is 30.4 Å². The lowest BCUT2D eigenvalue weighted by molar-refractivity contribution is -0.136. The summed E-state index contributed by atoms with van der Waals surface area (Å²) in [5.74, 6) is 0.0639. The Kier molecular flexibility index (Phi) is 6.34. The number of amides is 3. The van der Waals surface area contributed by atoms with Crippen molar-refractivity contribution >= 4 is 34.9 Å². The van der Waals surface area contributed by atoms with Crippen LogP contribution in [-0.2, 0) is 9.59 Å². The van der Waals surface area contributed by atoms with Gasteiger partial charge in [0.05, 0.1) is 4.91 Å². The molecule has 0 bridgehead atoms. The second-order valence-corrected chi connectivity index (χ2v) is 7.37. The van der Waals surface area contributed by atoms with Gasteiger partial charge in [-0.25, -0.2) is 0 Å². The molecule has 2 fully saturated rings. The van der Waals surface area contributed by atoms with Crippen molar-refractivity contribution in [1.29, 1.82) is 0 Å². The van der Waals surface area contributed by atoms with Crippen molar-refractivity contribution in [2.45, 2.75) is 19.3 Å². The molecule has 0 aliphatic carbocycles. The summed E-state index contributed by atoms with van der Waals surface area (Å²) < 4.78 is 5.48. The smallest absolute Gasteiger partial charge is 0.294 e. The van der Waals surface area contributed by atoms with Gasteiger partial charge in [-0.3, -0.25) is 19.3 Å². The number of hydrogen-bond donors (Lipinski definition) is 0. The topological polar surface area (TPSA) is 66.9 Å². The number of benzene rings is 1. The van der Waals surface area contributed by atoms with Crippen LogP contribution in [0.3, 0.4) is 0 Å². The first-order chi connectivity index (χ1) is 13.1. The molecule has 3 rings (SSSR count). The average molecular weight is 386 g/mol. The van der Waals surface area contributed by atoms with Crippen LogP contribution in [0.4, 0.5) is 4.79 Å². The number of imide groups is 1. The summed E-state index contributed by atoms with van der Waals surface area (Å²) in [7, 11) is 0. The van der Waals surface area contributed by atoms with Crippen LogP contribution in [0.1, 0.15) is 24.8 Å². The first-order valence-corrected chi connectivity index (χ1v) is 9.77. The summed E-state index contributed by atoms with van der Waals surface area (Å²) in [5, 5.41) is -0.407. The minimum Gasteiger partial charge on any atom is -0.490 e. The summed E-state index contributed by atoms with van der Waals surface area (Å²) in [6, 6.07) is 7.24. The molecule has 2 aliphatic rings. The number of piperidine rings is 1. The van der Waals surface area contributed by atoms with E-state index in [9.17, 15) is 14.4 Å². The molecule has 2 heterocycles. The predicted molar refractivity (Wildman–Crippen MR) is 105 cm³/mol. The summed E-state index contributed by atoms with van der Waals surface area (Å²) in [6.07, 6.45) is 6.35. The standard InChI is InChI=1S/C20H22N2O4S/c1-2-11-26-16-8-6-7-15(12-16)13-17-19(24)22(20(25)27-17)14-18(23)21-9-4-3-5-10-21/h2,6-8,12-13H,1,3-5,9-11,14H2/b17-13+. The van der Waals surface area contributed by atoms with E-state index < -0.39 is 11.1 Å². The van der Waals surface area contributed by atoms with Crippen molar-refractivity contribution in [3.05, 3.63) is 47.4 Å². The van der Waals surface area contributed by atoms with Gasteiger partial charge in [0.1, 0.15) is 18.9 Å². The molecule has 142 valence electrons. The van der Waals surface area contributed by atoms with Crippen molar-refractivity contribution < 1.29 is 19.1 Å². The molecule has 0 radical (unpaired) electrons. The Balaban J connectivity index is 1.68. The highest BCUT2D eigenvalue weighted by Gasteiger charge is 2.37. The molecule has 27 heavy (non-hydrogen) atoms. The first kappa shape index (κ1) is 19.2. The van der Waals surface area contributed by atoms with E-state index in [4.69, 9.17) is 4.74 Å². The molecule has 0 unspecified atom stereocenters. The number of hydrogen-bond acceptors (Lipinski definition) is 5. The third-order valence-corrected chi connectivity index (χ3v) is 5.31. The summed E-state index contributed by atoms with van der Waals surface area (Å²) in [5.41, 5.74) is 0.754. The number of carbonyl (C=O) groups is 3. The zero-order valence-corrected chi connectivity index (χ0v) is 15.9. The second-order valence-electron chi connectivity index (χ2n) is 6.38. The molecular weight excluding hydrogens is 364 g/mol. The molecule has 2 saturated heterocycles.